The van der Waals surface area contributed by atoms with Crippen LogP contribution in [-0.4, -0.2) is 37.6 Å². The number of sulfonamides is 1. The Kier molecular flexibility index (Phi) is 5.82. The fraction of sp³-hybridized carbons (Fsp3) is 0.733. The number of aryl methyl sites for hydroxylation is 1. The van der Waals surface area contributed by atoms with Crippen molar-refractivity contribution < 1.29 is 8.42 Å². The molecular weight excluding hydrogens is 304 g/mol. The maximum atomic E-state index is 11.8. The van der Waals surface area contributed by atoms with Gasteiger partial charge in [-0.25, -0.2) is 12.7 Å². The van der Waals surface area contributed by atoms with E-state index in [1.807, 2.05) is 11.3 Å². The van der Waals surface area contributed by atoms with Gasteiger partial charge in [0.15, 0.2) is 0 Å². The van der Waals surface area contributed by atoms with Crippen molar-refractivity contribution >= 4 is 21.4 Å². The Morgan fingerprint density at radius 3 is 2.52 bits per heavy atom. The van der Waals surface area contributed by atoms with E-state index in [0.29, 0.717) is 25.2 Å². The van der Waals surface area contributed by atoms with E-state index >= 15 is 0 Å². The van der Waals surface area contributed by atoms with Gasteiger partial charge in [-0.05, 0) is 45.2 Å². The van der Waals surface area contributed by atoms with Crippen molar-refractivity contribution in [1.82, 2.24) is 9.62 Å². The number of nitrogens with zero attached hydrogens (tertiary/aromatic N) is 1. The highest BCUT2D eigenvalue weighted by Gasteiger charge is 2.27. The number of nitrogens with one attached hydrogen (secondary N) is 1. The van der Waals surface area contributed by atoms with E-state index in [4.69, 9.17) is 0 Å². The lowest BCUT2D eigenvalue weighted by Gasteiger charge is -2.32. The van der Waals surface area contributed by atoms with Gasteiger partial charge in [0.05, 0.1) is 5.75 Å². The summed E-state index contributed by atoms with van der Waals surface area (Å²) in [4.78, 5) is 2.79. The van der Waals surface area contributed by atoms with E-state index in [1.165, 1.54) is 9.75 Å². The van der Waals surface area contributed by atoms with Crippen molar-refractivity contribution in [3.8, 4) is 0 Å². The molecule has 1 aromatic heterocycles. The molecule has 4 nitrogen and oxygen atoms in total. The Morgan fingerprint density at radius 2 is 2.00 bits per heavy atom. The van der Waals surface area contributed by atoms with Crippen LogP contribution >= 0.6 is 11.3 Å². The molecule has 0 saturated carbocycles. The van der Waals surface area contributed by atoms with Crippen LogP contribution in [0, 0.1) is 0 Å². The van der Waals surface area contributed by atoms with Crippen LogP contribution in [0.2, 0.25) is 0 Å². The van der Waals surface area contributed by atoms with Gasteiger partial charge in [-0.15, -0.1) is 11.3 Å². The van der Waals surface area contributed by atoms with Gasteiger partial charge in [0, 0.05) is 34.9 Å². The van der Waals surface area contributed by atoms with Gasteiger partial charge < -0.3 is 5.32 Å². The van der Waals surface area contributed by atoms with Crippen LogP contribution in [0.25, 0.3) is 0 Å². The molecular formula is C15H26N2O2S2. The number of hydrogen-bond donors (Lipinski definition) is 1. The van der Waals surface area contributed by atoms with Crippen LogP contribution in [0.1, 0.15) is 49.4 Å². The zero-order valence-electron chi connectivity index (χ0n) is 13.1. The molecule has 1 saturated heterocycles. The van der Waals surface area contributed by atoms with Crippen molar-refractivity contribution in [2.75, 3.05) is 18.8 Å². The minimum absolute atomic E-state index is 0.205. The summed E-state index contributed by atoms with van der Waals surface area (Å²) in [7, 11) is -3.02. The highest BCUT2D eigenvalue weighted by molar-refractivity contribution is 7.89. The van der Waals surface area contributed by atoms with Crippen molar-refractivity contribution in [3.05, 3.63) is 21.9 Å². The Morgan fingerprint density at radius 1 is 1.33 bits per heavy atom. The summed E-state index contributed by atoms with van der Waals surface area (Å²) < 4.78 is 25.3. The van der Waals surface area contributed by atoms with Crippen LogP contribution < -0.4 is 5.32 Å². The van der Waals surface area contributed by atoms with E-state index in [9.17, 15) is 8.42 Å². The van der Waals surface area contributed by atoms with E-state index in [0.717, 1.165) is 19.3 Å². The summed E-state index contributed by atoms with van der Waals surface area (Å²) in [6, 6.07) is 5.16. The Labute approximate surface area is 132 Å². The average molecular weight is 331 g/mol. The first-order chi connectivity index (χ1) is 9.96. The Balaban J connectivity index is 1.86. The first-order valence-corrected chi connectivity index (χ1v) is 10.2. The molecule has 0 amide bonds. The van der Waals surface area contributed by atoms with Gasteiger partial charge >= 0.3 is 0 Å². The molecule has 1 unspecified atom stereocenters. The lowest BCUT2D eigenvalue weighted by Crippen LogP contribution is -2.45. The fourth-order valence-corrected chi connectivity index (χ4v) is 4.83. The van der Waals surface area contributed by atoms with Gasteiger partial charge in [-0.2, -0.15) is 0 Å². The van der Waals surface area contributed by atoms with Gasteiger partial charge in [-0.3, -0.25) is 0 Å². The topological polar surface area (TPSA) is 49.4 Å². The molecule has 2 heterocycles. The maximum Gasteiger partial charge on any atom is 0.213 e. The minimum atomic E-state index is -3.02. The van der Waals surface area contributed by atoms with Crippen LogP contribution in [0.15, 0.2) is 12.1 Å². The molecule has 0 aromatic carbocycles. The summed E-state index contributed by atoms with van der Waals surface area (Å²) in [6.45, 7) is 7.37. The van der Waals surface area contributed by atoms with Gasteiger partial charge in [0.2, 0.25) is 10.0 Å². The van der Waals surface area contributed by atoms with Crippen molar-refractivity contribution in [2.45, 2.75) is 52.1 Å². The summed E-state index contributed by atoms with van der Waals surface area (Å²) >= 11 is 1.87. The van der Waals surface area contributed by atoms with Crippen molar-refractivity contribution in [2.24, 2.45) is 0 Å². The molecule has 1 aliphatic heterocycles. The summed E-state index contributed by atoms with van der Waals surface area (Å²) in [5.41, 5.74) is 0. The maximum absolute atomic E-state index is 11.8. The lowest BCUT2D eigenvalue weighted by molar-refractivity contribution is 0.278. The first kappa shape index (κ1) is 16.9. The minimum Gasteiger partial charge on any atom is -0.307 e. The van der Waals surface area contributed by atoms with Crippen LogP contribution in [0.5, 0.6) is 0 Å². The highest BCUT2D eigenvalue weighted by Crippen LogP contribution is 2.25. The predicted molar refractivity (Wildman–Crippen MR) is 89.3 cm³/mol. The van der Waals surface area contributed by atoms with E-state index in [2.05, 4.69) is 31.3 Å². The quantitative estimate of drug-likeness (QED) is 0.872. The van der Waals surface area contributed by atoms with Gasteiger partial charge in [-0.1, -0.05) is 6.92 Å². The lowest BCUT2D eigenvalue weighted by atomic mass is 10.1. The summed E-state index contributed by atoms with van der Waals surface area (Å²) in [5, 5.41) is 3.65. The first-order valence-electron chi connectivity index (χ1n) is 7.78. The normalized spacial score (nSPS) is 19.8. The van der Waals surface area contributed by atoms with E-state index in [1.54, 1.807) is 11.2 Å². The van der Waals surface area contributed by atoms with Crippen LogP contribution in [-0.2, 0) is 16.4 Å². The molecule has 1 aliphatic rings. The number of piperidine rings is 1. The molecule has 1 aromatic rings. The van der Waals surface area contributed by atoms with Crippen molar-refractivity contribution in [3.63, 3.8) is 0 Å². The largest absolute Gasteiger partial charge is 0.307 e. The third-order valence-corrected chi connectivity index (χ3v) is 7.45. The van der Waals surface area contributed by atoms with Crippen LogP contribution in [0.4, 0.5) is 0 Å². The third kappa shape index (κ3) is 4.28. The Hall–Kier alpha value is -0.430. The zero-order valence-corrected chi connectivity index (χ0v) is 14.8. The molecule has 2 rings (SSSR count). The second-order valence-corrected chi connectivity index (χ2v) is 9.08. The van der Waals surface area contributed by atoms with E-state index < -0.39 is 10.0 Å². The highest BCUT2D eigenvalue weighted by atomic mass is 32.2. The second-order valence-electron chi connectivity index (χ2n) is 5.62. The molecule has 0 radical (unpaired) electrons. The molecule has 1 atom stereocenters. The SMILES string of the molecule is CCc1ccc(C(C)NC2CCN(S(=O)(=O)CC)CC2)s1. The molecule has 0 spiro atoms. The zero-order chi connectivity index (χ0) is 15.5. The average Bonchev–Trinajstić information content (AvgIpc) is 2.97. The smallest absolute Gasteiger partial charge is 0.213 e. The third-order valence-electron chi connectivity index (χ3n) is 4.16. The molecule has 0 bridgehead atoms. The monoisotopic (exact) mass is 330 g/mol. The number of rotatable bonds is 6. The fourth-order valence-electron chi connectivity index (χ4n) is 2.74. The summed E-state index contributed by atoms with van der Waals surface area (Å²) in [6.07, 6.45) is 2.88. The summed E-state index contributed by atoms with van der Waals surface area (Å²) in [5.74, 6) is 0.205. The molecule has 120 valence electrons. The molecule has 1 fully saturated rings. The van der Waals surface area contributed by atoms with Gasteiger partial charge in [0.25, 0.3) is 0 Å². The van der Waals surface area contributed by atoms with Crippen molar-refractivity contribution in [1.29, 1.82) is 0 Å². The predicted octanol–water partition coefficient (Wildman–Crippen LogP) is 2.78. The van der Waals surface area contributed by atoms with E-state index in [-0.39, 0.29) is 5.75 Å². The van der Waals surface area contributed by atoms with Gasteiger partial charge in [0.1, 0.15) is 0 Å². The second kappa shape index (κ2) is 7.22. The Bertz CT molecular complexity index is 546. The molecule has 21 heavy (non-hydrogen) atoms. The van der Waals surface area contributed by atoms with Crippen LogP contribution in [0.3, 0.4) is 0 Å². The molecule has 1 N–H and O–H groups in total. The molecule has 0 aliphatic carbocycles. The number of hydrogen-bond acceptors (Lipinski definition) is 4. The number of thiophene rings is 1. The standard InChI is InChI=1S/C15H26N2O2S2/c1-4-14-6-7-15(20-14)12(3)16-13-8-10-17(11-9-13)21(18,19)5-2/h6-7,12-13,16H,4-5,8-11H2,1-3H3. The molecule has 6 heteroatoms.